The Kier molecular flexibility index (Phi) is 7.12. The maximum Gasteiger partial charge on any atom is 0.338 e. The molecule has 1 aromatic heterocycles. The van der Waals surface area contributed by atoms with E-state index in [1.807, 2.05) is 61.5 Å². The van der Waals surface area contributed by atoms with E-state index >= 15 is 0 Å². The molecule has 0 unspecified atom stereocenters. The Morgan fingerprint density at radius 3 is 2.56 bits per heavy atom. The van der Waals surface area contributed by atoms with Crippen LogP contribution in [-0.4, -0.2) is 23.8 Å². The molecule has 2 aromatic carbocycles. The molecule has 0 aliphatic carbocycles. The number of rotatable bonds is 7. The average Bonchev–Trinajstić information content (AvgIpc) is 3.12. The van der Waals surface area contributed by atoms with Gasteiger partial charge in [-0.3, -0.25) is 9.36 Å². The fourth-order valence-corrected chi connectivity index (χ4v) is 4.98. The van der Waals surface area contributed by atoms with Gasteiger partial charge in [-0.15, -0.1) is 0 Å². The van der Waals surface area contributed by atoms with Gasteiger partial charge in [0.1, 0.15) is 5.75 Å². The zero-order valence-electron chi connectivity index (χ0n) is 19.8. The van der Waals surface area contributed by atoms with Crippen molar-refractivity contribution in [3.63, 3.8) is 0 Å². The number of allylic oxidation sites excluding steroid dienone is 1. The lowest BCUT2D eigenvalue weighted by Crippen LogP contribution is -2.39. The summed E-state index contributed by atoms with van der Waals surface area (Å²) in [5, 5.41) is 0. The normalized spacial score (nSPS) is 15.6. The number of carbonyl (C=O) groups is 1. The second-order valence-corrected chi connectivity index (χ2v) is 9.11. The Morgan fingerprint density at radius 1 is 1.12 bits per heavy atom. The van der Waals surface area contributed by atoms with E-state index in [9.17, 15) is 9.59 Å². The van der Waals surface area contributed by atoms with Crippen LogP contribution in [0.3, 0.4) is 0 Å². The molecule has 0 saturated heterocycles. The first-order valence-electron chi connectivity index (χ1n) is 11.4. The van der Waals surface area contributed by atoms with E-state index in [0.717, 1.165) is 28.9 Å². The summed E-state index contributed by atoms with van der Waals surface area (Å²) in [6.07, 6.45) is 2.73. The molecule has 0 fully saturated rings. The maximum atomic E-state index is 13.7. The number of fused-ring (bicyclic) bond motifs is 1. The molecule has 4 rings (SSSR count). The van der Waals surface area contributed by atoms with Gasteiger partial charge >= 0.3 is 5.97 Å². The smallest absolute Gasteiger partial charge is 0.338 e. The van der Waals surface area contributed by atoms with Crippen molar-refractivity contribution in [2.45, 2.75) is 40.2 Å². The number of hydrogen-bond acceptors (Lipinski definition) is 6. The van der Waals surface area contributed by atoms with Crippen LogP contribution < -0.4 is 19.6 Å². The fraction of sp³-hybridized carbons (Fsp3) is 0.296. The highest BCUT2D eigenvalue weighted by atomic mass is 32.1. The van der Waals surface area contributed by atoms with Crippen molar-refractivity contribution >= 4 is 23.4 Å². The van der Waals surface area contributed by atoms with Gasteiger partial charge in [0.2, 0.25) is 0 Å². The van der Waals surface area contributed by atoms with E-state index < -0.39 is 12.0 Å². The van der Waals surface area contributed by atoms with Gasteiger partial charge < -0.3 is 9.47 Å². The Morgan fingerprint density at radius 2 is 1.85 bits per heavy atom. The number of aryl methyl sites for hydroxylation is 1. The van der Waals surface area contributed by atoms with Crippen LogP contribution in [0.5, 0.6) is 5.75 Å². The summed E-state index contributed by atoms with van der Waals surface area (Å²) in [6.45, 7) is 8.45. The van der Waals surface area contributed by atoms with Gasteiger partial charge in [-0.2, -0.15) is 0 Å². The predicted molar refractivity (Wildman–Crippen MR) is 134 cm³/mol. The Labute approximate surface area is 202 Å². The van der Waals surface area contributed by atoms with E-state index in [1.165, 1.54) is 11.3 Å². The third kappa shape index (κ3) is 4.61. The van der Waals surface area contributed by atoms with Crippen molar-refractivity contribution in [2.75, 3.05) is 13.2 Å². The SMILES string of the molecule is CCCOc1ccccc1/C=c1\sc2n(c1=O)[C@@H](c1ccc(C)cc1)C(C(=O)OCC)=C(C)N=2. The minimum atomic E-state index is -0.607. The Hall–Kier alpha value is -3.45. The van der Waals surface area contributed by atoms with E-state index in [2.05, 4.69) is 11.9 Å². The summed E-state index contributed by atoms with van der Waals surface area (Å²) in [7, 11) is 0. The number of aromatic nitrogens is 1. The van der Waals surface area contributed by atoms with E-state index in [-0.39, 0.29) is 12.2 Å². The number of ether oxygens (including phenoxy) is 2. The Balaban J connectivity index is 1.92. The third-order valence-electron chi connectivity index (χ3n) is 5.58. The molecular weight excluding hydrogens is 448 g/mol. The third-order valence-corrected chi connectivity index (χ3v) is 6.56. The zero-order chi connectivity index (χ0) is 24.2. The minimum Gasteiger partial charge on any atom is -0.493 e. The monoisotopic (exact) mass is 476 g/mol. The molecule has 7 heteroatoms. The lowest BCUT2D eigenvalue weighted by atomic mass is 9.95. The quantitative estimate of drug-likeness (QED) is 0.485. The highest BCUT2D eigenvalue weighted by Crippen LogP contribution is 2.31. The van der Waals surface area contributed by atoms with Crippen molar-refractivity contribution in [1.82, 2.24) is 4.57 Å². The van der Waals surface area contributed by atoms with Gasteiger partial charge in [0.15, 0.2) is 4.80 Å². The highest BCUT2D eigenvalue weighted by molar-refractivity contribution is 7.07. The van der Waals surface area contributed by atoms with Gasteiger partial charge in [-0.05, 0) is 44.9 Å². The number of nitrogens with zero attached hydrogens (tertiary/aromatic N) is 2. The molecule has 0 N–H and O–H groups in total. The predicted octanol–water partition coefficient (Wildman–Crippen LogP) is 3.90. The van der Waals surface area contributed by atoms with Crippen LogP contribution in [0.2, 0.25) is 0 Å². The van der Waals surface area contributed by atoms with Gasteiger partial charge in [-0.1, -0.05) is 66.3 Å². The lowest BCUT2D eigenvalue weighted by Gasteiger charge is -2.24. The number of hydrogen-bond donors (Lipinski definition) is 0. The van der Waals surface area contributed by atoms with Crippen LogP contribution >= 0.6 is 11.3 Å². The number of para-hydroxylation sites is 1. The molecule has 3 aromatic rings. The van der Waals surface area contributed by atoms with Crippen LogP contribution in [0.4, 0.5) is 0 Å². The molecule has 0 amide bonds. The summed E-state index contributed by atoms with van der Waals surface area (Å²) < 4.78 is 13.3. The Bertz CT molecular complexity index is 1410. The van der Waals surface area contributed by atoms with Crippen molar-refractivity contribution in [2.24, 2.45) is 4.99 Å². The lowest BCUT2D eigenvalue weighted by molar-refractivity contribution is -0.139. The first-order chi connectivity index (χ1) is 16.4. The van der Waals surface area contributed by atoms with Crippen molar-refractivity contribution in [3.05, 3.63) is 96.2 Å². The average molecular weight is 477 g/mol. The second-order valence-electron chi connectivity index (χ2n) is 8.10. The van der Waals surface area contributed by atoms with Gasteiger partial charge in [-0.25, -0.2) is 9.79 Å². The van der Waals surface area contributed by atoms with Crippen molar-refractivity contribution in [3.8, 4) is 5.75 Å². The van der Waals surface area contributed by atoms with E-state index in [4.69, 9.17) is 9.47 Å². The summed E-state index contributed by atoms with van der Waals surface area (Å²) in [5.74, 6) is 0.274. The first kappa shape index (κ1) is 23.7. The van der Waals surface area contributed by atoms with Crippen LogP contribution in [0, 0.1) is 6.92 Å². The van der Waals surface area contributed by atoms with Crippen LogP contribution in [0.1, 0.15) is 49.9 Å². The molecule has 0 spiro atoms. The minimum absolute atomic E-state index is 0.200. The number of esters is 1. The van der Waals surface area contributed by atoms with E-state index in [0.29, 0.717) is 27.2 Å². The fourth-order valence-electron chi connectivity index (χ4n) is 3.94. The second kappa shape index (κ2) is 10.2. The molecule has 0 saturated carbocycles. The molecule has 2 heterocycles. The van der Waals surface area contributed by atoms with Gasteiger partial charge in [0.25, 0.3) is 5.56 Å². The molecule has 1 atom stereocenters. The van der Waals surface area contributed by atoms with Crippen molar-refractivity contribution in [1.29, 1.82) is 0 Å². The molecule has 1 aliphatic heterocycles. The molecule has 0 radical (unpaired) electrons. The first-order valence-corrected chi connectivity index (χ1v) is 12.2. The molecule has 1 aliphatic rings. The number of carbonyl (C=O) groups excluding carboxylic acids is 1. The van der Waals surface area contributed by atoms with Crippen molar-refractivity contribution < 1.29 is 14.3 Å². The van der Waals surface area contributed by atoms with Crippen LogP contribution in [0.15, 0.2) is 69.6 Å². The largest absolute Gasteiger partial charge is 0.493 e. The van der Waals surface area contributed by atoms with Gasteiger partial charge in [0, 0.05) is 5.56 Å². The summed E-state index contributed by atoms with van der Waals surface area (Å²) >= 11 is 1.31. The standard InChI is InChI=1S/C27H28N2O4S/c1-5-15-33-21-10-8-7-9-20(21)16-22-25(30)29-24(19-13-11-17(3)12-14-19)23(26(31)32-6-2)18(4)28-27(29)34-22/h7-14,16,24H,5-6,15H2,1-4H3/b22-16-/t24-/m0/s1. The highest BCUT2D eigenvalue weighted by Gasteiger charge is 2.33. The summed E-state index contributed by atoms with van der Waals surface area (Å²) in [5.41, 5.74) is 3.50. The maximum absolute atomic E-state index is 13.7. The summed E-state index contributed by atoms with van der Waals surface area (Å²) in [6, 6.07) is 14.9. The number of benzene rings is 2. The van der Waals surface area contributed by atoms with E-state index in [1.54, 1.807) is 18.4 Å². The molecule has 6 nitrogen and oxygen atoms in total. The molecule has 34 heavy (non-hydrogen) atoms. The topological polar surface area (TPSA) is 69.9 Å². The number of thiazole rings is 1. The summed E-state index contributed by atoms with van der Waals surface area (Å²) in [4.78, 5) is 31.8. The molecule has 0 bridgehead atoms. The van der Waals surface area contributed by atoms with Gasteiger partial charge in [0.05, 0.1) is 35.1 Å². The van der Waals surface area contributed by atoms with Crippen LogP contribution in [-0.2, 0) is 9.53 Å². The molecular formula is C27H28N2O4S. The molecule has 176 valence electrons. The van der Waals surface area contributed by atoms with Crippen LogP contribution in [0.25, 0.3) is 6.08 Å². The zero-order valence-corrected chi connectivity index (χ0v) is 20.6.